The molecule has 0 saturated carbocycles. The minimum atomic E-state index is -1.79. The Morgan fingerprint density at radius 1 is 0.461 bits per heavy atom. The molecule has 1 amide bonds. The summed E-state index contributed by atoms with van der Waals surface area (Å²) in [7, 11) is 0. The van der Waals surface area contributed by atoms with Crippen molar-refractivity contribution < 1.29 is 64.6 Å². The highest BCUT2D eigenvalue weighted by atomic mass is 16.7. The van der Waals surface area contributed by atoms with Gasteiger partial charge in [-0.1, -0.05) is 237 Å². The van der Waals surface area contributed by atoms with Gasteiger partial charge in [-0.05, 0) is 51.4 Å². The molecule has 0 radical (unpaired) electrons. The topological polar surface area (TPSA) is 228 Å². The Bertz CT molecular complexity index is 1410. The van der Waals surface area contributed by atoms with Gasteiger partial charge in [0.25, 0.3) is 0 Å². The molecule has 14 heteroatoms. The number of carbonyl (C=O) groups excluding carboxylic acids is 1. The summed E-state index contributed by atoms with van der Waals surface area (Å²) in [5, 5.41) is 86.6. The lowest BCUT2D eigenvalue weighted by Gasteiger charge is -2.46. The summed E-state index contributed by atoms with van der Waals surface area (Å²) in [6.45, 7) is 2.67. The fourth-order valence-corrected chi connectivity index (χ4v) is 10.3. The lowest BCUT2D eigenvalue weighted by Crippen LogP contribution is -2.65. The number of nitrogens with one attached hydrogen (secondary N) is 1. The monoisotopic (exact) mass is 1080 g/mol. The van der Waals surface area contributed by atoms with Crippen molar-refractivity contribution in [2.24, 2.45) is 0 Å². The predicted molar refractivity (Wildman–Crippen MR) is 305 cm³/mol. The van der Waals surface area contributed by atoms with Crippen LogP contribution in [0.1, 0.15) is 258 Å². The normalized spacial score (nSPS) is 25.1. The smallest absolute Gasteiger partial charge is 0.220 e. The van der Waals surface area contributed by atoms with Crippen LogP contribution in [0.5, 0.6) is 0 Å². The fourth-order valence-electron chi connectivity index (χ4n) is 10.3. The third-order valence-corrected chi connectivity index (χ3v) is 15.3. The Balaban J connectivity index is 1.53. The molecule has 2 rings (SSSR count). The maximum Gasteiger partial charge on any atom is 0.220 e. The fraction of sp³-hybridized carbons (Fsp3) is 0.887. The Labute approximate surface area is 461 Å². The van der Waals surface area contributed by atoms with Crippen molar-refractivity contribution in [2.45, 2.75) is 331 Å². The van der Waals surface area contributed by atoms with E-state index in [9.17, 15) is 45.6 Å². The second-order valence-electron chi connectivity index (χ2n) is 22.2. The number of unbranched alkanes of at least 4 members (excludes halogenated alkanes) is 33. The zero-order valence-electron chi connectivity index (χ0n) is 48.0. The molecule has 0 aromatic heterocycles. The van der Waals surface area contributed by atoms with Gasteiger partial charge in [0, 0.05) is 6.42 Å². The third kappa shape index (κ3) is 33.1. The van der Waals surface area contributed by atoms with Gasteiger partial charge in [0.2, 0.25) is 5.91 Å². The Morgan fingerprint density at radius 3 is 1.34 bits per heavy atom. The van der Waals surface area contributed by atoms with Gasteiger partial charge < -0.3 is 65.1 Å². The molecule has 0 spiro atoms. The molecular weight excluding hydrogens is 967 g/mol. The van der Waals surface area contributed by atoms with Crippen molar-refractivity contribution >= 4 is 5.91 Å². The van der Waals surface area contributed by atoms with Crippen molar-refractivity contribution in [1.82, 2.24) is 5.32 Å². The van der Waals surface area contributed by atoms with Crippen molar-refractivity contribution in [3.63, 3.8) is 0 Å². The number of hydrogen-bond acceptors (Lipinski definition) is 13. The summed E-state index contributed by atoms with van der Waals surface area (Å²) in [4.78, 5) is 13.2. The SMILES string of the molecule is CCC/C=C/CC/C=C/C(O)C(COC1OC(CO)C(OC2OC(CO)C(O)C(O)C2O)C(O)C1O)NC(=O)CCCCCCCCCCCCCCCCCCCCCCCCC/C=C\CCCCCCCCCC. The van der Waals surface area contributed by atoms with E-state index < -0.39 is 86.8 Å². The summed E-state index contributed by atoms with van der Waals surface area (Å²) < 4.78 is 22.6. The number of rotatable bonds is 50. The molecule has 2 fully saturated rings. The molecule has 0 aromatic carbocycles. The zero-order valence-corrected chi connectivity index (χ0v) is 48.0. The first-order chi connectivity index (χ1) is 37.1. The molecule has 2 aliphatic heterocycles. The highest BCUT2D eigenvalue weighted by Gasteiger charge is 2.51. The molecule has 2 saturated heterocycles. The highest BCUT2D eigenvalue weighted by molar-refractivity contribution is 5.76. The minimum Gasteiger partial charge on any atom is -0.394 e. The lowest BCUT2D eigenvalue weighted by molar-refractivity contribution is -0.359. The maximum atomic E-state index is 13.2. The molecule has 9 N–H and O–H groups in total. The van der Waals surface area contributed by atoms with Crippen LogP contribution in [0.2, 0.25) is 0 Å². The van der Waals surface area contributed by atoms with Crippen molar-refractivity contribution in [3.8, 4) is 0 Å². The van der Waals surface area contributed by atoms with Crippen LogP contribution in [0.4, 0.5) is 0 Å². The number of ether oxygens (including phenoxy) is 4. The van der Waals surface area contributed by atoms with Gasteiger partial charge in [-0.15, -0.1) is 0 Å². The standard InChI is InChI=1S/C62H115NO13/c1-3-5-7-9-11-12-13-14-15-16-17-18-19-20-21-22-23-24-25-26-27-28-29-30-31-32-33-34-35-36-37-38-40-42-44-46-54(67)63-50(51(66)45-43-41-39-10-8-6-4-2)49-73-61-59(72)57(70)60(53(48-65)75-61)76-62-58(71)56(69)55(68)52(47-64)74-62/h8,10,16-17,43,45,50-53,55-62,64-66,68-72H,3-7,9,11-15,18-42,44,46-49H2,1-2H3,(H,63,67)/b10-8+,17-16-,45-43+. The van der Waals surface area contributed by atoms with Crippen molar-refractivity contribution in [3.05, 3.63) is 36.5 Å². The van der Waals surface area contributed by atoms with Crippen molar-refractivity contribution in [1.29, 1.82) is 0 Å². The molecule has 12 atom stereocenters. The maximum absolute atomic E-state index is 13.2. The summed E-state index contributed by atoms with van der Waals surface area (Å²) in [5.74, 6) is -0.250. The Kier molecular flexibility index (Phi) is 44.4. The predicted octanol–water partition coefficient (Wildman–Crippen LogP) is 11.0. The van der Waals surface area contributed by atoms with E-state index in [2.05, 4.69) is 43.5 Å². The number of aliphatic hydroxyl groups excluding tert-OH is 8. The van der Waals surface area contributed by atoms with Gasteiger partial charge in [0.1, 0.15) is 48.8 Å². The second-order valence-corrected chi connectivity index (χ2v) is 22.2. The summed E-state index contributed by atoms with van der Waals surface area (Å²) in [6, 6.07) is -0.926. The molecule has 0 bridgehead atoms. The summed E-state index contributed by atoms with van der Waals surface area (Å²) in [5.41, 5.74) is 0. The number of amides is 1. The number of carbonyl (C=O) groups is 1. The van der Waals surface area contributed by atoms with Crippen LogP contribution < -0.4 is 5.32 Å². The van der Waals surface area contributed by atoms with E-state index in [4.69, 9.17) is 18.9 Å². The van der Waals surface area contributed by atoms with Crippen molar-refractivity contribution in [2.75, 3.05) is 19.8 Å². The van der Waals surface area contributed by atoms with E-state index in [0.717, 1.165) is 38.5 Å². The molecule has 2 aliphatic rings. The average molecular weight is 1080 g/mol. The highest BCUT2D eigenvalue weighted by Crippen LogP contribution is 2.30. The van der Waals surface area contributed by atoms with Gasteiger partial charge in [0.15, 0.2) is 12.6 Å². The first-order valence-corrected chi connectivity index (χ1v) is 31.2. The molecule has 0 aromatic rings. The second kappa shape index (κ2) is 48.0. The van der Waals surface area contributed by atoms with Crippen LogP contribution in [-0.4, -0.2) is 140 Å². The molecule has 12 unspecified atom stereocenters. The van der Waals surface area contributed by atoms with E-state index in [1.165, 1.54) is 186 Å². The van der Waals surface area contributed by atoms with Crippen LogP contribution in [0.25, 0.3) is 0 Å². The molecule has 0 aliphatic carbocycles. The molecule has 2 heterocycles. The van der Waals surface area contributed by atoms with E-state index in [1.54, 1.807) is 6.08 Å². The average Bonchev–Trinajstić information content (AvgIpc) is 3.42. The quantitative estimate of drug-likeness (QED) is 0.0204. The third-order valence-electron chi connectivity index (χ3n) is 15.3. The van der Waals surface area contributed by atoms with Crippen LogP contribution in [0.15, 0.2) is 36.5 Å². The molecule has 76 heavy (non-hydrogen) atoms. The largest absolute Gasteiger partial charge is 0.394 e. The number of allylic oxidation sites excluding steroid dienone is 5. The van der Waals surface area contributed by atoms with Gasteiger partial charge in [-0.3, -0.25) is 4.79 Å². The summed E-state index contributed by atoms with van der Waals surface area (Å²) >= 11 is 0. The Hall–Kier alpha value is -1.79. The van der Waals surface area contributed by atoms with Crippen LogP contribution >= 0.6 is 0 Å². The zero-order chi connectivity index (χ0) is 55.3. The molecular formula is C62H115NO13. The summed E-state index contributed by atoms with van der Waals surface area (Å²) in [6.07, 6.45) is 42.8. The lowest BCUT2D eigenvalue weighted by atomic mass is 9.97. The number of aliphatic hydroxyl groups is 8. The Morgan fingerprint density at radius 2 is 0.868 bits per heavy atom. The molecule has 14 nitrogen and oxygen atoms in total. The first kappa shape index (κ1) is 70.3. The number of hydrogen-bond donors (Lipinski definition) is 9. The van der Waals surface area contributed by atoms with Gasteiger partial charge in [0.05, 0.1) is 32.0 Å². The first-order valence-electron chi connectivity index (χ1n) is 31.2. The van der Waals surface area contributed by atoms with E-state index in [-0.39, 0.29) is 18.9 Å². The van der Waals surface area contributed by atoms with Gasteiger partial charge in [-0.25, -0.2) is 0 Å². The van der Waals surface area contributed by atoms with E-state index in [1.807, 2.05) is 6.08 Å². The van der Waals surface area contributed by atoms with Crippen LogP contribution in [0, 0.1) is 0 Å². The van der Waals surface area contributed by atoms with Crippen LogP contribution in [0.3, 0.4) is 0 Å². The minimum absolute atomic E-state index is 0.250. The van der Waals surface area contributed by atoms with Gasteiger partial charge >= 0.3 is 0 Å². The molecule has 446 valence electrons. The van der Waals surface area contributed by atoms with E-state index in [0.29, 0.717) is 12.8 Å². The van der Waals surface area contributed by atoms with Crippen LogP contribution in [-0.2, 0) is 23.7 Å². The van der Waals surface area contributed by atoms with Gasteiger partial charge in [-0.2, -0.15) is 0 Å². The van der Waals surface area contributed by atoms with E-state index >= 15 is 0 Å².